The minimum absolute atomic E-state index is 0.0919. The number of methoxy groups -OCH3 is 1. The van der Waals surface area contributed by atoms with Crippen LogP contribution in [0.15, 0.2) is 35.5 Å². The summed E-state index contributed by atoms with van der Waals surface area (Å²) in [5, 5.41) is 0. The zero-order chi connectivity index (χ0) is 22.7. The molecule has 0 fully saturated rings. The summed E-state index contributed by atoms with van der Waals surface area (Å²) < 4.78 is 17.8. The van der Waals surface area contributed by atoms with Gasteiger partial charge in [-0.2, -0.15) is 0 Å². The fourth-order valence-electron chi connectivity index (χ4n) is 3.52. The largest absolute Gasteiger partial charge is 0.466 e. The number of carbonyl (C=O) groups excluding carboxylic acids is 2. The number of carbonyl (C=O) groups is 2. The molecule has 1 rings (SSSR count). The van der Waals surface area contributed by atoms with Gasteiger partial charge in [0.2, 0.25) is 0 Å². The van der Waals surface area contributed by atoms with E-state index in [2.05, 4.69) is 46.2 Å². The molecular weight excluding hydrogens is 400 g/mol. The normalized spacial score (nSPS) is 26.6. The van der Waals surface area contributed by atoms with Crippen LogP contribution >= 0.6 is 0 Å². The van der Waals surface area contributed by atoms with Crippen molar-refractivity contribution in [3.05, 3.63) is 35.5 Å². The number of ether oxygens (including phenoxy) is 1. The maximum absolute atomic E-state index is 12.5. The summed E-state index contributed by atoms with van der Waals surface area (Å²) >= 11 is 0. The summed E-state index contributed by atoms with van der Waals surface area (Å²) in [5.74, 6) is -0.308. The quantitative estimate of drug-likeness (QED) is 0.230. The second-order valence-corrected chi connectivity index (χ2v) is 19.1. The molecule has 0 heterocycles. The lowest BCUT2D eigenvalue weighted by Crippen LogP contribution is -2.58. The molecule has 0 unspecified atom stereocenters. The minimum atomic E-state index is -2.01. The molecule has 0 spiro atoms. The summed E-state index contributed by atoms with van der Waals surface area (Å²) in [5.41, 5.74) is 0.301. The lowest BCUT2D eigenvalue weighted by atomic mass is 9.63. The Hall–Kier alpha value is -1.29. The topological polar surface area (TPSA) is 61.8 Å². The molecule has 0 radical (unpaired) electrons. The van der Waals surface area contributed by atoms with Crippen molar-refractivity contribution in [1.29, 1.82) is 0 Å². The Morgan fingerprint density at radius 3 is 2.24 bits per heavy atom. The van der Waals surface area contributed by atoms with E-state index in [1.807, 2.05) is 26.0 Å². The maximum Gasteiger partial charge on any atom is 0.330 e. The van der Waals surface area contributed by atoms with Crippen molar-refractivity contribution >= 4 is 28.4 Å². The Labute approximate surface area is 178 Å². The van der Waals surface area contributed by atoms with Gasteiger partial charge in [-0.05, 0) is 76.4 Å². The Bertz CT molecular complexity index is 724. The number of rotatable bonds is 8. The van der Waals surface area contributed by atoms with Crippen molar-refractivity contribution in [2.24, 2.45) is 5.41 Å². The van der Waals surface area contributed by atoms with E-state index in [1.165, 1.54) is 13.2 Å². The van der Waals surface area contributed by atoms with Gasteiger partial charge in [0.1, 0.15) is 5.60 Å². The fraction of sp³-hybridized carbons (Fsp3) is 0.636. The molecule has 0 N–H and O–H groups in total. The van der Waals surface area contributed by atoms with E-state index in [0.717, 1.165) is 11.1 Å². The lowest BCUT2D eigenvalue weighted by molar-refractivity contribution is -0.134. The Balaban J connectivity index is 3.57. The number of hydrogen-bond acceptors (Lipinski definition) is 5. The van der Waals surface area contributed by atoms with Gasteiger partial charge in [0.05, 0.1) is 7.11 Å². The van der Waals surface area contributed by atoms with Gasteiger partial charge in [-0.3, -0.25) is 4.79 Å². The van der Waals surface area contributed by atoms with Crippen LogP contribution in [0.3, 0.4) is 0 Å². The van der Waals surface area contributed by atoms with Crippen LogP contribution < -0.4 is 0 Å². The van der Waals surface area contributed by atoms with E-state index in [4.69, 9.17) is 13.6 Å². The third-order valence-corrected chi connectivity index (χ3v) is 6.79. The number of hydrogen-bond donors (Lipinski definition) is 0. The highest BCUT2D eigenvalue weighted by Crippen LogP contribution is 2.49. The molecule has 7 heteroatoms. The number of allylic oxidation sites excluding steroid dienone is 3. The highest BCUT2D eigenvalue weighted by Gasteiger charge is 2.54. The first-order valence-electron chi connectivity index (χ1n) is 10.0. The molecule has 2 atom stereocenters. The molecule has 0 aliphatic heterocycles. The van der Waals surface area contributed by atoms with E-state index in [-0.39, 0.29) is 5.78 Å². The zero-order valence-corrected chi connectivity index (χ0v) is 21.8. The monoisotopic (exact) mass is 438 g/mol. The SMILES string of the molecule is COC(=O)/C=C(C)\C=C\[C@@]1(O[Si](C)(C)C)C(C)=CC(=O)C[C@]1(C)CO[Si](C)(C)C. The predicted octanol–water partition coefficient (Wildman–Crippen LogP) is 5.03. The van der Waals surface area contributed by atoms with Crippen LogP contribution in [0.4, 0.5) is 0 Å². The second-order valence-electron chi connectivity index (χ2n) is 10.1. The molecule has 5 nitrogen and oxygen atoms in total. The average molecular weight is 439 g/mol. The third kappa shape index (κ3) is 7.17. The molecule has 1 aliphatic rings. The van der Waals surface area contributed by atoms with Gasteiger partial charge in [-0.1, -0.05) is 13.0 Å². The van der Waals surface area contributed by atoms with Crippen LogP contribution in [0.1, 0.15) is 27.2 Å². The average Bonchev–Trinajstić information content (AvgIpc) is 2.53. The van der Waals surface area contributed by atoms with Crippen LogP contribution in [0, 0.1) is 5.41 Å². The van der Waals surface area contributed by atoms with Crippen molar-refractivity contribution in [3.8, 4) is 0 Å². The summed E-state index contributed by atoms with van der Waals surface area (Å²) in [6.45, 7) is 19.2. The first kappa shape index (κ1) is 25.7. The second kappa shape index (κ2) is 9.24. The van der Waals surface area contributed by atoms with Gasteiger partial charge in [-0.15, -0.1) is 0 Å². The molecule has 1 aliphatic carbocycles. The summed E-state index contributed by atoms with van der Waals surface area (Å²) in [4.78, 5) is 24.1. The van der Waals surface area contributed by atoms with Crippen molar-refractivity contribution in [1.82, 2.24) is 0 Å². The molecule has 0 aromatic carbocycles. The molecule has 29 heavy (non-hydrogen) atoms. The molecule has 164 valence electrons. The smallest absolute Gasteiger partial charge is 0.330 e. The van der Waals surface area contributed by atoms with Gasteiger partial charge >= 0.3 is 5.97 Å². The van der Waals surface area contributed by atoms with E-state index >= 15 is 0 Å². The van der Waals surface area contributed by atoms with Crippen LogP contribution in [0.25, 0.3) is 0 Å². The van der Waals surface area contributed by atoms with E-state index < -0.39 is 33.6 Å². The Kier molecular flexibility index (Phi) is 8.21. The first-order valence-corrected chi connectivity index (χ1v) is 16.9. The Morgan fingerprint density at radius 2 is 1.76 bits per heavy atom. The number of ketones is 1. The number of esters is 1. The summed E-state index contributed by atoms with van der Waals surface area (Å²) in [6, 6.07) is 0. The summed E-state index contributed by atoms with van der Waals surface area (Å²) in [7, 11) is -2.45. The van der Waals surface area contributed by atoms with Crippen LogP contribution in [-0.2, 0) is 23.2 Å². The van der Waals surface area contributed by atoms with Crippen LogP contribution in [0.2, 0.25) is 39.3 Å². The van der Waals surface area contributed by atoms with Crippen molar-refractivity contribution in [3.63, 3.8) is 0 Å². The highest BCUT2D eigenvalue weighted by atomic mass is 28.4. The molecule has 0 saturated heterocycles. The zero-order valence-electron chi connectivity index (χ0n) is 19.8. The van der Waals surface area contributed by atoms with Gasteiger partial charge in [0.15, 0.2) is 22.4 Å². The first-order chi connectivity index (χ1) is 13.0. The molecule has 0 saturated carbocycles. The van der Waals surface area contributed by atoms with E-state index in [0.29, 0.717) is 13.0 Å². The highest BCUT2D eigenvalue weighted by molar-refractivity contribution is 6.70. The van der Waals surface area contributed by atoms with E-state index in [1.54, 1.807) is 6.08 Å². The molecular formula is C22H38O5Si2. The van der Waals surface area contributed by atoms with Gasteiger partial charge in [-0.25, -0.2) is 4.79 Å². The molecule has 0 aromatic heterocycles. The van der Waals surface area contributed by atoms with E-state index in [9.17, 15) is 9.59 Å². The maximum atomic E-state index is 12.5. The minimum Gasteiger partial charge on any atom is -0.466 e. The lowest BCUT2D eigenvalue weighted by Gasteiger charge is -2.52. The van der Waals surface area contributed by atoms with Crippen LogP contribution in [0.5, 0.6) is 0 Å². The van der Waals surface area contributed by atoms with Crippen molar-refractivity contribution < 1.29 is 23.2 Å². The molecule has 0 amide bonds. The Morgan fingerprint density at radius 1 is 1.17 bits per heavy atom. The standard InChI is InChI=1S/C22H38O5Si2/c1-17(13-20(24)25-4)11-12-22(27-29(8,9)10)18(2)14-19(23)15-21(22,3)16-26-28(5,6)7/h11-14H,15-16H2,1-10H3/b12-11+,17-13-/t21-,22-/m1/s1. The van der Waals surface area contributed by atoms with Crippen LogP contribution in [-0.4, -0.2) is 47.7 Å². The van der Waals surface area contributed by atoms with Gasteiger partial charge in [0.25, 0.3) is 0 Å². The third-order valence-electron chi connectivity index (χ3n) is 4.84. The summed E-state index contributed by atoms with van der Waals surface area (Å²) in [6.07, 6.45) is 7.38. The van der Waals surface area contributed by atoms with Gasteiger partial charge < -0.3 is 13.6 Å². The van der Waals surface area contributed by atoms with Crippen molar-refractivity contribution in [2.45, 2.75) is 72.1 Å². The molecule has 0 aromatic rings. The van der Waals surface area contributed by atoms with Crippen molar-refractivity contribution in [2.75, 3.05) is 13.7 Å². The molecule has 0 bridgehead atoms. The fourth-order valence-corrected chi connectivity index (χ4v) is 5.71. The van der Waals surface area contributed by atoms with Gasteiger partial charge in [0, 0.05) is 24.5 Å². The predicted molar refractivity (Wildman–Crippen MR) is 123 cm³/mol.